The Balaban J connectivity index is 0.853. The lowest BCUT2D eigenvalue weighted by atomic mass is 9.47. The number of benzene rings is 2. The lowest BCUT2D eigenvalue weighted by Crippen LogP contribution is -2.51. The van der Waals surface area contributed by atoms with Gasteiger partial charge < -0.3 is 24.9 Å². The van der Waals surface area contributed by atoms with Crippen LogP contribution in [0.4, 0.5) is 10.5 Å². The van der Waals surface area contributed by atoms with Crippen LogP contribution in [0.1, 0.15) is 124 Å². The van der Waals surface area contributed by atoms with E-state index in [0.29, 0.717) is 46.6 Å². The fraction of sp³-hybridized carbons (Fsp3) is 0.630. The molecule has 7 rings (SSSR count). The number of phenolic OH excluding ortho intramolecular Hbond substituents is 1. The first-order valence-corrected chi connectivity index (χ1v) is 21.0. The molecule has 0 aliphatic heterocycles. The minimum Gasteiger partial charge on any atom is -0.507 e. The number of aromatic nitrogens is 1. The highest BCUT2D eigenvalue weighted by Gasteiger charge is 2.59. The van der Waals surface area contributed by atoms with Crippen molar-refractivity contribution in [2.24, 2.45) is 46.3 Å². The summed E-state index contributed by atoms with van der Waals surface area (Å²) in [5, 5.41) is 16.1. The van der Waals surface area contributed by atoms with Crippen molar-refractivity contribution in [2.75, 3.05) is 11.9 Å². The predicted octanol–water partition coefficient (Wildman–Crippen LogP) is 11.4. The number of fused-ring (bicyclic) bond motifs is 6. The molecule has 0 bridgehead atoms. The number of aromatic hydroxyl groups is 1. The van der Waals surface area contributed by atoms with Crippen LogP contribution in [-0.4, -0.2) is 34.7 Å². The van der Waals surface area contributed by atoms with E-state index < -0.39 is 6.09 Å². The minimum absolute atomic E-state index is 0.0949. The van der Waals surface area contributed by atoms with E-state index in [1.807, 2.05) is 13.0 Å². The molecule has 3 N–H and O–H groups in total. The number of ether oxygens (including phenoxy) is 1. The van der Waals surface area contributed by atoms with Crippen molar-refractivity contribution in [1.29, 1.82) is 0 Å². The third kappa shape index (κ3) is 7.81. The van der Waals surface area contributed by atoms with Crippen LogP contribution in [0, 0.1) is 53.3 Å². The second kappa shape index (κ2) is 15.7. The molecule has 3 fully saturated rings. The molecule has 4 aliphatic rings. The number of aryl methyl sites for hydroxylation is 1. The number of amides is 2. The monoisotopic (exact) mass is 737 g/mol. The number of phenols is 1. The van der Waals surface area contributed by atoms with E-state index in [1.165, 1.54) is 56.9 Å². The smallest absolute Gasteiger partial charge is 0.407 e. The highest BCUT2D eigenvalue weighted by atomic mass is 16.6. The zero-order valence-corrected chi connectivity index (χ0v) is 33.5. The van der Waals surface area contributed by atoms with E-state index in [9.17, 15) is 14.7 Å². The van der Waals surface area contributed by atoms with Gasteiger partial charge in [-0.25, -0.2) is 9.78 Å². The van der Waals surface area contributed by atoms with Gasteiger partial charge in [-0.1, -0.05) is 71.6 Å². The van der Waals surface area contributed by atoms with E-state index in [2.05, 4.69) is 56.3 Å². The normalized spacial score (nSPS) is 29.5. The average molecular weight is 738 g/mol. The van der Waals surface area contributed by atoms with Crippen LogP contribution >= 0.6 is 0 Å². The summed E-state index contributed by atoms with van der Waals surface area (Å²) in [5.74, 6) is 5.17. The number of nitrogens with zero attached hydrogens (tertiary/aromatic N) is 1. The maximum absolute atomic E-state index is 12.8. The molecule has 0 radical (unpaired) electrons. The number of carbonyl (C=O) groups is 2. The number of hydrogen-bond donors (Lipinski definition) is 3. The van der Waals surface area contributed by atoms with E-state index in [0.717, 1.165) is 60.3 Å². The molecule has 3 saturated carbocycles. The average Bonchev–Trinajstić information content (AvgIpc) is 3.70. The summed E-state index contributed by atoms with van der Waals surface area (Å²) in [7, 11) is 0. The molecule has 8 heteroatoms. The topological polar surface area (TPSA) is 114 Å². The highest BCUT2D eigenvalue weighted by molar-refractivity contribution is 5.93. The quantitative estimate of drug-likeness (QED) is 0.126. The Morgan fingerprint density at radius 2 is 1.83 bits per heavy atom. The predicted molar refractivity (Wildman–Crippen MR) is 215 cm³/mol. The van der Waals surface area contributed by atoms with E-state index in [-0.39, 0.29) is 29.6 Å². The number of hydrogen-bond acceptors (Lipinski definition) is 6. The molecule has 3 aromatic rings. The molecule has 0 spiro atoms. The third-order valence-electron chi connectivity index (χ3n) is 14.4. The van der Waals surface area contributed by atoms with Crippen LogP contribution in [0.25, 0.3) is 22.6 Å². The van der Waals surface area contributed by atoms with Crippen LogP contribution < -0.4 is 10.6 Å². The molecule has 1 heterocycles. The molecule has 292 valence electrons. The Morgan fingerprint density at radius 1 is 1.00 bits per heavy atom. The Kier molecular flexibility index (Phi) is 11.2. The maximum Gasteiger partial charge on any atom is 0.407 e. The number of allylic oxidation sites excluding steroid dienone is 1. The van der Waals surface area contributed by atoms with Crippen LogP contribution in [0.5, 0.6) is 5.75 Å². The third-order valence-corrected chi connectivity index (χ3v) is 14.4. The molecule has 2 aromatic carbocycles. The van der Waals surface area contributed by atoms with Crippen molar-refractivity contribution in [3.63, 3.8) is 0 Å². The van der Waals surface area contributed by atoms with Crippen molar-refractivity contribution in [1.82, 2.24) is 10.3 Å². The summed E-state index contributed by atoms with van der Waals surface area (Å²) in [6.07, 6.45) is 16.5. The number of carbonyl (C=O) groups excluding carboxylic acids is 2. The number of anilines is 1. The first-order chi connectivity index (χ1) is 25.8. The summed E-state index contributed by atoms with van der Waals surface area (Å²) in [5.41, 5.74) is 5.45. The van der Waals surface area contributed by atoms with Crippen molar-refractivity contribution < 1.29 is 23.8 Å². The van der Waals surface area contributed by atoms with Crippen molar-refractivity contribution in [3.8, 4) is 17.2 Å². The highest BCUT2D eigenvalue weighted by Crippen LogP contribution is 2.67. The molecule has 8 atom stereocenters. The fourth-order valence-electron chi connectivity index (χ4n) is 11.6. The van der Waals surface area contributed by atoms with Crippen molar-refractivity contribution in [3.05, 3.63) is 53.6 Å². The Bertz CT molecular complexity index is 1860. The van der Waals surface area contributed by atoms with Gasteiger partial charge in [-0.05, 0) is 141 Å². The van der Waals surface area contributed by atoms with Gasteiger partial charge in [0, 0.05) is 25.1 Å². The summed E-state index contributed by atoms with van der Waals surface area (Å²) in [4.78, 5) is 30.1. The fourth-order valence-corrected chi connectivity index (χ4v) is 11.6. The first kappa shape index (κ1) is 38.5. The van der Waals surface area contributed by atoms with Gasteiger partial charge in [0.05, 0.1) is 5.56 Å². The summed E-state index contributed by atoms with van der Waals surface area (Å²) < 4.78 is 11.8. The molecule has 4 aliphatic carbocycles. The van der Waals surface area contributed by atoms with Gasteiger partial charge >= 0.3 is 6.09 Å². The van der Waals surface area contributed by atoms with Crippen LogP contribution in [0.15, 0.2) is 52.5 Å². The van der Waals surface area contributed by atoms with Crippen LogP contribution in [0.2, 0.25) is 0 Å². The molecule has 1 unspecified atom stereocenters. The number of rotatable bonds is 12. The molecular weight excluding hydrogens is 675 g/mol. The molecule has 2 amide bonds. The Hall–Kier alpha value is -3.81. The molecule has 8 nitrogen and oxygen atoms in total. The van der Waals surface area contributed by atoms with Gasteiger partial charge in [0.2, 0.25) is 11.8 Å². The van der Waals surface area contributed by atoms with Crippen LogP contribution in [0.3, 0.4) is 0 Å². The van der Waals surface area contributed by atoms with Gasteiger partial charge in [-0.2, -0.15) is 0 Å². The van der Waals surface area contributed by atoms with Gasteiger partial charge in [-0.15, -0.1) is 0 Å². The molecule has 0 saturated heterocycles. The first-order valence-electron chi connectivity index (χ1n) is 21.0. The maximum atomic E-state index is 12.8. The number of nitrogens with one attached hydrogen (secondary N) is 2. The van der Waals surface area contributed by atoms with Gasteiger partial charge in [-0.3, -0.25) is 4.79 Å². The standard InChI is InChI=1S/C46H63N3O5/c1-28(2)9-7-10-30(4)36-17-18-37-34-16-13-31-26-33(20-22-45(31,5)38(34)21-23-46(36,37)6)53-44(52)47-24-8-11-42(51)48-32-14-19-41-39(27-32)49-43(54-41)35-15-12-29(3)25-40(35)50/h12-15,19,25,27-28,30,33-34,36-38,50H,7-11,16-18,20-24,26H2,1-6H3,(H,47,52)(H,48,51)/t30-,33?,34+,36-,37+,38+,45+,46-/m1/s1. The van der Waals surface area contributed by atoms with Gasteiger partial charge in [0.25, 0.3) is 0 Å². The van der Waals surface area contributed by atoms with E-state index in [4.69, 9.17) is 9.15 Å². The molecule has 54 heavy (non-hydrogen) atoms. The van der Waals surface area contributed by atoms with Crippen molar-refractivity contribution >= 4 is 28.8 Å². The van der Waals surface area contributed by atoms with Gasteiger partial charge in [0.15, 0.2) is 5.58 Å². The Labute approximate surface area is 322 Å². The van der Waals surface area contributed by atoms with Gasteiger partial charge in [0.1, 0.15) is 17.4 Å². The number of oxazole rings is 1. The molecular formula is C46H63N3O5. The second-order valence-electron chi connectivity index (χ2n) is 18.4. The van der Waals surface area contributed by atoms with E-state index in [1.54, 1.807) is 30.3 Å². The van der Waals surface area contributed by atoms with Crippen LogP contribution in [-0.2, 0) is 9.53 Å². The zero-order chi connectivity index (χ0) is 38.2. The second-order valence-corrected chi connectivity index (χ2v) is 18.4. The minimum atomic E-state index is -0.391. The zero-order valence-electron chi connectivity index (χ0n) is 33.5. The summed E-state index contributed by atoms with van der Waals surface area (Å²) in [6, 6.07) is 10.6. The lowest BCUT2D eigenvalue weighted by Gasteiger charge is -2.58. The molecule has 1 aromatic heterocycles. The largest absolute Gasteiger partial charge is 0.507 e. The van der Waals surface area contributed by atoms with E-state index >= 15 is 0 Å². The summed E-state index contributed by atoms with van der Waals surface area (Å²) in [6.45, 7) is 14.7. The Morgan fingerprint density at radius 3 is 2.63 bits per heavy atom. The summed E-state index contributed by atoms with van der Waals surface area (Å²) >= 11 is 0. The van der Waals surface area contributed by atoms with Crippen molar-refractivity contribution in [2.45, 2.75) is 131 Å². The number of alkyl carbamates (subject to hydrolysis) is 1. The SMILES string of the molecule is Cc1ccc(-c2nc3cc(NC(=O)CCCNC(=O)OC4CC[C@@]5(C)C(=CC[C@H]6[C@@H]7CC[C@H]([C@H](C)CCCC(C)C)[C@@]7(C)CC[C@@H]65)C4)ccc3o2)c(O)c1. The lowest BCUT2D eigenvalue weighted by molar-refractivity contribution is -0.116.